The predicted octanol–water partition coefficient (Wildman–Crippen LogP) is -6.88. The van der Waals surface area contributed by atoms with Gasteiger partial charge in [0, 0.05) is 19.5 Å². The molecule has 0 radical (unpaired) electrons. The van der Waals surface area contributed by atoms with Gasteiger partial charge in [-0.3, -0.25) is 43.5 Å². The van der Waals surface area contributed by atoms with Crippen LogP contribution >= 0.6 is 0 Å². The van der Waals surface area contributed by atoms with Crippen LogP contribution in [0, 0.1) is 5.92 Å². The van der Waals surface area contributed by atoms with E-state index in [0.717, 1.165) is 0 Å². The minimum Gasteiger partial charge on any atom is -0.480 e. The third-order valence-corrected chi connectivity index (χ3v) is 8.15. The number of amides is 7. The third kappa shape index (κ3) is 21.5. The topological polar surface area (TPSA) is 450 Å². The number of aliphatic hydroxyl groups is 2. The Kier molecular flexibility index (Phi) is 24.2. The van der Waals surface area contributed by atoms with E-state index in [1.54, 1.807) is 13.8 Å². The van der Waals surface area contributed by atoms with Crippen molar-refractivity contribution in [1.29, 1.82) is 0 Å². The van der Waals surface area contributed by atoms with Crippen molar-refractivity contribution in [3.63, 3.8) is 0 Å². The molecule has 0 aliphatic rings. The molecular formula is C33H62N14O11. The largest absolute Gasteiger partial charge is 0.480 e. The smallest absolute Gasteiger partial charge is 0.326 e. The third-order valence-electron chi connectivity index (χ3n) is 8.15. The number of guanidine groups is 2. The molecule has 0 saturated heterocycles. The van der Waals surface area contributed by atoms with Crippen LogP contribution in [0.5, 0.6) is 0 Å². The van der Waals surface area contributed by atoms with Gasteiger partial charge in [-0.15, -0.1) is 0 Å². The van der Waals surface area contributed by atoms with Crippen LogP contribution in [0.25, 0.3) is 0 Å². The number of hydrogen-bond acceptors (Lipinski definition) is 13. The van der Waals surface area contributed by atoms with Crippen LogP contribution in [0.3, 0.4) is 0 Å². The Balaban J connectivity index is 6.03. The fraction of sp³-hybridized carbons (Fsp3) is 0.697. The molecule has 0 spiro atoms. The summed E-state index contributed by atoms with van der Waals surface area (Å²) in [7, 11) is 0. The first-order valence-corrected chi connectivity index (χ1v) is 18.5. The molecule has 330 valence electrons. The maximum absolute atomic E-state index is 13.7. The van der Waals surface area contributed by atoms with E-state index in [2.05, 4.69) is 41.9 Å². The number of primary amides is 1. The highest BCUT2D eigenvalue weighted by atomic mass is 16.4. The summed E-state index contributed by atoms with van der Waals surface area (Å²) in [4.78, 5) is 109. The number of aliphatic carboxylic acids is 1. The minimum atomic E-state index is -1.66. The molecule has 0 unspecified atom stereocenters. The second-order valence-electron chi connectivity index (χ2n) is 13.9. The molecule has 25 nitrogen and oxygen atoms in total. The van der Waals surface area contributed by atoms with Crippen molar-refractivity contribution in [2.24, 2.45) is 50.3 Å². The standard InChI is InChI=1S/C33H62N14O11/c1-15(2)13-21(28(54)47-24(17(4)49)30(56)42-16(3)25(51)44-20(31(57)58)8-6-12-41-33(38)39)45-27(53)19(7-5-11-40-32(36)37)43-29(55)22(14-48)46-26(52)18(34)9-10-23(35)50/h15-22,24,48-49H,5-14,34H2,1-4H3,(H2,35,50)(H,42,56)(H,43,55)(H,44,51)(H,45,53)(H,46,52)(H,47,54)(H,57,58)(H4,36,37,40)(H4,38,39,41)/t16-,17+,18-,19-,20-,21-,22-,24-/m0/s1. The number of aliphatic hydroxyl groups excluding tert-OH is 2. The predicted molar refractivity (Wildman–Crippen MR) is 209 cm³/mol. The van der Waals surface area contributed by atoms with Crippen LogP contribution < -0.4 is 66.3 Å². The lowest BCUT2D eigenvalue weighted by atomic mass is 10.0. The van der Waals surface area contributed by atoms with E-state index in [0.29, 0.717) is 0 Å². The summed E-state index contributed by atoms with van der Waals surface area (Å²) in [6.07, 6.45) is -1.69. The average molecular weight is 831 g/mol. The highest BCUT2D eigenvalue weighted by Gasteiger charge is 2.34. The molecule has 0 aromatic heterocycles. The molecule has 0 aromatic rings. The SMILES string of the molecule is CC(C)C[C@H](NC(=O)[C@H](CCCN=C(N)N)NC(=O)[C@H](CO)NC(=O)[C@@H](N)CCC(N)=O)C(=O)N[C@H](C(=O)N[C@@H](C)C(=O)N[C@@H](CCCN=C(N)N)C(=O)O)[C@@H](C)O. The first-order chi connectivity index (χ1) is 27.0. The number of carboxylic acids is 1. The Morgan fingerprint density at radius 3 is 1.52 bits per heavy atom. The summed E-state index contributed by atoms with van der Waals surface area (Å²) in [6.45, 7) is 5.13. The van der Waals surface area contributed by atoms with Crippen molar-refractivity contribution < 1.29 is 53.7 Å². The van der Waals surface area contributed by atoms with Gasteiger partial charge in [0.15, 0.2) is 11.9 Å². The van der Waals surface area contributed by atoms with Crippen molar-refractivity contribution in [2.75, 3.05) is 19.7 Å². The Labute approximate surface area is 335 Å². The highest BCUT2D eigenvalue weighted by molar-refractivity contribution is 5.97. The van der Waals surface area contributed by atoms with Crippen LogP contribution in [0.4, 0.5) is 0 Å². The maximum Gasteiger partial charge on any atom is 0.326 e. The van der Waals surface area contributed by atoms with Crippen molar-refractivity contribution in [2.45, 2.75) is 121 Å². The number of nitrogens with one attached hydrogen (secondary N) is 6. The summed E-state index contributed by atoms with van der Waals surface area (Å²) < 4.78 is 0. The van der Waals surface area contributed by atoms with Crippen molar-refractivity contribution in [3.8, 4) is 0 Å². The molecule has 58 heavy (non-hydrogen) atoms. The number of carbonyl (C=O) groups excluding carboxylic acids is 7. The van der Waals surface area contributed by atoms with Crippen LogP contribution in [-0.4, -0.2) is 143 Å². The lowest BCUT2D eigenvalue weighted by Crippen LogP contribution is -2.61. The first-order valence-electron chi connectivity index (χ1n) is 18.5. The van der Waals surface area contributed by atoms with Gasteiger partial charge in [-0.25, -0.2) is 4.79 Å². The number of carboxylic acid groups (broad SMARTS) is 1. The zero-order chi connectivity index (χ0) is 44.7. The Morgan fingerprint density at radius 2 is 1.05 bits per heavy atom. The number of aliphatic imine (C=N–C) groups is 2. The number of carbonyl (C=O) groups is 8. The van der Waals surface area contributed by atoms with Crippen molar-refractivity contribution in [1.82, 2.24) is 31.9 Å². The normalized spacial score (nSPS) is 15.0. The summed E-state index contributed by atoms with van der Waals surface area (Å²) in [5, 5.41) is 44.0. The molecule has 0 rings (SSSR count). The Morgan fingerprint density at radius 1 is 0.586 bits per heavy atom. The van der Waals surface area contributed by atoms with Gasteiger partial charge >= 0.3 is 5.97 Å². The zero-order valence-electron chi connectivity index (χ0n) is 33.2. The molecule has 0 heterocycles. The van der Waals surface area contributed by atoms with Crippen molar-refractivity contribution >= 4 is 59.2 Å². The molecule has 8 atom stereocenters. The van der Waals surface area contributed by atoms with Crippen LogP contribution in [0.1, 0.15) is 72.6 Å². The van der Waals surface area contributed by atoms with E-state index in [9.17, 15) is 53.7 Å². The highest BCUT2D eigenvalue weighted by Crippen LogP contribution is 2.09. The average Bonchev–Trinajstić information content (AvgIpc) is 3.12. The van der Waals surface area contributed by atoms with Gasteiger partial charge in [0.1, 0.15) is 36.3 Å². The van der Waals surface area contributed by atoms with Gasteiger partial charge in [-0.1, -0.05) is 13.8 Å². The second kappa shape index (κ2) is 26.9. The van der Waals surface area contributed by atoms with Gasteiger partial charge in [0.25, 0.3) is 0 Å². The fourth-order valence-corrected chi connectivity index (χ4v) is 5.01. The molecule has 0 aliphatic heterocycles. The summed E-state index contributed by atoms with van der Waals surface area (Å²) in [5.41, 5.74) is 32.1. The monoisotopic (exact) mass is 830 g/mol. The molecule has 0 saturated carbocycles. The molecule has 0 fully saturated rings. The lowest BCUT2D eigenvalue weighted by molar-refractivity contribution is -0.142. The maximum atomic E-state index is 13.7. The van der Waals surface area contributed by atoms with E-state index in [-0.39, 0.29) is 75.9 Å². The zero-order valence-corrected chi connectivity index (χ0v) is 33.2. The number of hydrogen-bond donors (Lipinski definition) is 15. The van der Waals surface area contributed by atoms with Gasteiger partial charge in [0.2, 0.25) is 41.4 Å². The molecular weight excluding hydrogens is 768 g/mol. The molecule has 0 aliphatic carbocycles. The van der Waals surface area contributed by atoms with Crippen LogP contribution in [0.15, 0.2) is 9.98 Å². The molecule has 21 N–H and O–H groups in total. The summed E-state index contributed by atoms with van der Waals surface area (Å²) in [5.74, 6) is -8.33. The summed E-state index contributed by atoms with van der Waals surface area (Å²) >= 11 is 0. The van der Waals surface area contributed by atoms with Crippen molar-refractivity contribution in [3.05, 3.63) is 0 Å². The van der Waals surface area contributed by atoms with Gasteiger partial charge in [0.05, 0.1) is 18.8 Å². The first kappa shape index (κ1) is 52.2. The van der Waals surface area contributed by atoms with Gasteiger partial charge < -0.3 is 81.6 Å². The van der Waals surface area contributed by atoms with Gasteiger partial charge in [-0.2, -0.15) is 0 Å². The Bertz CT molecular complexity index is 1470. The molecule has 7 amide bonds. The number of nitrogens with zero attached hydrogens (tertiary/aromatic N) is 2. The Hall–Kier alpha value is -5.82. The fourth-order valence-electron chi connectivity index (χ4n) is 5.01. The van der Waals surface area contributed by atoms with E-state index in [1.807, 2.05) is 0 Å². The quantitative estimate of drug-likeness (QED) is 0.0198. The number of rotatable bonds is 28. The second-order valence-corrected chi connectivity index (χ2v) is 13.9. The van der Waals surface area contributed by atoms with Gasteiger partial charge in [-0.05, 0) is 58.3 Å². The lowest BCUT2D eigenvalue weighted by Gasteiger charge is -2.28. The van der Waals surface area contributed by atoms with E-state index in [4.69, 9.17) is 34.4 Å². The molecule has 25 heteroatoms. The molecule has 0 bridgehead atoms. The van der Waals surface area contributed by atoms with E-state index in [1.165, 1.54) is 13.8 Å². The summed E-state index contributed by atoms with van der Waals surface area (Å²) in [6, 6.07) is -9.93. The minimum absolute atomic E-state index is 0.00251. The van der Waals surface area contributed by atoms with E-state index >= 15 is 0 Å². The molecule has 0 aromatic carbocycles. The van der Waals surface area contributed by atoms with E-state index < -0.39 is 102 Å². The van der Waals surface area contributed by atoms with Crippen LogP contribution in [-0.2, 0) is 38.4 Å². The number of nitrogens with two attached hydrogens (primary N) is 6. The van der Waals surface area contributed by atoms with Crippen LogP contribution in [0.2, 0.25) is 0 Å².